The monoisotopic (exact) mass is 535 g/mol. The van der Waals surface area contributed by atoms with Crippen molar-refractivity contribution in [1.29, 1.82) is 0 Å². The van der Waals surface area contributed by atoms with Gasteiger partial charge in [-0.3, -0.25) is 9.97 Å². The van der Waals surface area contributed by atoms with Crippen LogP contribution in [0.1, 0.15) is 16.7 Å². The Morgan fingerprint density at radius 3 is 2.05 bits per heavy atom. The molecule has 0 bridgehead atoms. The second kappa shape index (κ2) is 9.07. The summed E-state index contributed by atoms with van der Waals surface area (Å²) in [5, 5.41) is 8.23. The highest BCUT2D eigenvalue weighted by molar-refractivity contribution is 7.85. The van der Waals surface area contributed by atoms with Gasteiger partial charge in [-0.2, -0.15) is 0 Å². The highest BCUT2D eigenvalue weighted by atomic mass is 32.2. The Labute approximate surface area is 224 Å². The Morgan fingerprint density at radius 1 is 0.769 bits per heavy atom. The molecule has 0 saturated carbocycles. The lowest BCUT2D eigenvalue weighted by molar-refractivity contribution is -0.618. The second-order valence-electron chi connectivity index (χ2n) is 9.71. The lowest BCUT2D eigenvalue weighted by Gasteiger charge is -2.14. The summed E-state index contributed by atoms with van der Waals surface area (Å²) in [6.07, 6.45) is 3.63. The van der Waals surface area contributed by atoms with E-state index in [2.05, 4.69) is 58.0 Å². The quantitative estimate of drug-likeness (QED) is 0.165. The molecule has 0 saturated heterocycles. The van der Waals surface area contributed by atoms with Crippen molar-refractivity contribution in [3.8, 4) is 0 Å². The van der Waals surface area contributed by atoms with Crippen molar-refractivity contribution in [2.75, 3.05) is 0 Å². The largest absolute Gasteiger partial charge is 0.744 e. The minimum atomic E-state index is -4.33. The van der Waals surface area contributed by atoms with E-state index in [0.717, 1.165) is 55.0 Å². The molecule has 7 aromatic rings. The zero-order valence-corrected chi connectivity index (χ0v) is 22.7. The third kappa shape index (κ3) is 4.07. The number of hydrogen-bond acceptors (Lipinski definition) is 6. The Morgan fingerprint density at radius 2 is 1.38 bits per heavy atom. The van der Waals surface area contributed by atoms with E-state index in [1.807, 2.05) is 42.0 Å². The minimum absolute atomic E-state index is 0.0851. The first-order valence-corrected chi connectivity index (χ1v) is 13.8. The number of fused-ring (bicyclic) bond motifs is 9. The Balaban J connectivity index is 0.000000181. The number of rotatable bonds is 1. The van der Waals surface area contributed by atoms with E-state index in [4.69, 9.17) is 5.10 Å². The van der Waals surface area contributed by atoms with Crippen LogP contribution in [0.2, 0.25) is 0 Å². The van der Waals surface area contributed by atoms with Gasteiger partial charge in [0.05, 0.1) is 23.0 Å². The van der Waals surface area contributed by atoms with E-state index in [9.17, 15) is 13.0 Å². The van der Waals surface area contributed by atoms with Crippen LogP contribution >= 0.6 is 0 Å². The summed E-state index contributed by atoms with van der Waals surface area (Å²) in [5.74, 6) is 0. The van der Waals surface area contributed by atoms with Crippen molar-refractivity contribution in [3.63, 3.8) is 0 Å². The van der Waals surface area contributed by atoms with Crippen LogP contribution in [0.4, 0.5) is 0 Å². The molecular weight excluding hydrogens is 510 g/mol. The van der Waals surface area contributed by atoms with Gasteiger partial charge in [0.2, 0.25) is 5.52 Å². The molecule has 8 nitrogen and oxygen atoms in total. The molecule has 39 heavy (non-hydrogen) atoms. The molecule has 3 aromatic carbocycles. The van der Waals surface area contributed by atoms with Gasteiger partial charge in [-0.15, -0.1) is 0 Å². The fourth-order valence-corrected chi connectivity index (χ4v) is 6.40. The van der Waals surface area contributed by atoms with Gasteiger partial charge in [0.15, 0.2) is 5.52 Å². The smallest absolute Gasteiger partial charge is 0.308 e. The SMILES string of the molecule is C[n+]1c2ccccc2n2nc3c(cc21)c1cccnc1c1ncccc31.Cc1cc(C)c(S(=O)(=O)[O-])c(C)c1. The number of aryl methyl sites for hydroxylation is 4. The summed E-state index contributed by atoms with van der Waals surface area (Å²) in [7, 11) is -2.25. The summed E-state index contributed by atoms with van der Waals surface area (Å²) in [6.45, 7) is 5.12. The summed E-state index contributed by atoms with van der Waals surface area (Å²) in [4.78, 5) is 9.11. The molecule has 0 fully saturated rings. The zero-order chi connectivity index (χ0) is 27.5. The molecule has 4 heterocycles. The lowest BCUT2D eigenvalue weighted by atomic mass is 10.0. The first-order chi connectivity index (χ1) is 18.6. The molecule has 4 aromatic heterocycles. The molecule has 0 N–H and O–H groups in total. The van der Waals surface area contributed by atoms with Crippen LogP contribution in [-0.2, 0) is 17.2 Å². The Kier molecular flexibility index (Phi) is 5.78. The fourth-order valence-electron chi connectivity index (χ4n) is 5.49. The average Bonchev–Trinajstić information content (AvgIpc) is 3.18. The molecular formula is C30H25N5O3S. The number of pyridine rings is 2. The molecule has 0 aliphatic heterocycles. The number of benzene rings is 3. The van der Waals surface area contributed by atoms with Gasteiger partial charge in [-0.25, -0.2) is 13.0 Å². The molecule has 0 atom stereocenters. The van der Waals surface area contributed by atoms with E-state index in [0.29, 0.717) is 11.1 Å². The number of para-hydroxylation sites is 2. The van der Waals surface area contributed by atoms with Crippen LogP contribution in [0.15, 0.2) is 84.0 Å². The third-order valence-corrected chi connectivity index (χ3v) is 8.14. The molecule has 194 valence electrons. The second-order valence-corrected chi connectivity index (χ2v) is 11.0. The van der Waals surface area contributed by atoms with Crippen LogP contribution < -0.4 is 4.57 Å². The van der Waals surface area contributed by atoms with Crippen molar-refractivity contribution in [1.82, 2.24) is 19.6 Å². The van der Waals surface area contributed by atoms with Gasteiger partial charge >= 0.3 is 5.65 Å². The highest BCUT2D eigenvalue weighted by Gasteiger charge is 2.21. The van der Waals surface area contributed by atoms with Crippen molar-refractivity contribution in [2.45, 2.75) is 25.7 Å². The maximum Gasteiger partial charge on any atom is 0.308 e. The minimum Gasteiger partial charge on any atom is -0.744 e. The van der Waals surface area contributed by atoms with Gasteiger partial charge in [0.25, 0.3) is 0 Å². The fraction of sp³-hybridized carbons (Fsp3) is 0.133. The van der Waals surface area contributed by atoms with Crippen LogP contribution in [0.25, 0.3) is 49.4 Å². The summed E-state index contributed by atoms with van der Waals surface area (Å²) in [5.41, 5.74) is 8.05. The number of hydrogen-bond donors (Lipinski definition) is 0. The van der Waals surface area contributed by atoms with Crippen LogP contribution in [-0.4, -0.2) is 32.6 Å². The van der Waals surface area contributed by atoms with Crippen molar-refractivity contribution < 1.29 is 17.5 Å². The number of imidazole rings is 1. The van der Waals surface area contributed by atoms with Gasteiger partial charge in [-0.1, -0.05) is 45.5 Å². The van der Waals surface area contributed by atoms with Crippen molar-refractivity contribution in [2.24, 2.45) is 7.05 Å². The van der Waals surface area contributed by atoms with Gasteiger partial charge in [0.1, 0.15) is 15.6 Å². The molecule has 0 radical (unpaired) electrons. The van der Waals surface area contributed by atoms with E-state index in [1.54, 1.807) is 26.0 Å². The summed E-state index contributed by atoms with van der Waals surface area (Å²) >= 11 is 0. The maximum absolute atomic E-state index is 10.8. The topological polar surface area (TPSA) is 104 Å². The van der Waals surface area contributed by atoms with E-state index in [-0.39, 0.29) is 4.90 Å². The zero-order valence-electron chi connectivity index (χ0n) is 21.9. The number of nitrogens with zero attached hydrogens (tertiary/aromatic N) is 5. The molecule has 9 heteroatoms. The summed E-state index contributed by atoms with van der Waals surface area (Å²) < 4.78 is 36.7. The predicted molar refractivity (Wildman–Crippen MR) is 151 cm³/mol. The van der Waals surface area contributed by atoms with E-state index >= 15 is 0 Å². The van der Waals surface area contributed by atoms with Crippen molar-refractivity contribution >= 4 is 59.5 Å². The van der Waals surface area contributed by atoms with Crippen molar-refractivity contribution in [3.05, 3.63) is 95.8 Å². The van der Waals surface area contributed by atoms with Gasteiger partial charge in [0, 0.05) is 34.6 Å². The molecule has 7 rings (SSSR count). The van der Waals surface area contributed by atoms with Crippen LogP contribution in [0.3, 0.4) is 0 Å². The first-order valence-electron chi connectivity index (χ1n) is 12.4. The molecule has 0 spiro atoms. The Bertz CT molecular complexity index is 2180. The van der Waals surface area contributed by atoms with Crippen LogP contribution in [0.5, 0.6) is 0 Å². The first kappa shape index (κ1) is 24.8. The van der Waals surface area contributed by atoms with E-state index < -0.39 is 10.1 Å². The molecule has 0 unspecified atom stereocenters. The highest BCUT2D eigenvalue weighted by Crippen LogP contribution is 2.32. The number of aromatic nitrogens is 5. The van der Waals surface area contributed by atoms with Crippen LogP contribution in [0, 0.1) is 20.8 Å². The third-order valence-electron chi connectivity index (χ3n) is 7.00. The normalized spacial score (nSPS) is 11.9. The molecule has 0 aliphatic carbocycles. The molecule has 0 aliphatic rings. The Hall–Kier alpha value is -4.47. The standard InChI is InChI=1S/C21H14N5.C9H12O3S/c1-25-16-8-2-3-9-17(16)26-18(25)12-15-13-6-4-10-22-20(13)21-14(19(15)24-26)7-5-11-23-21;1-6-4-7(2)9(8(3)5-6)13(10,11)12/h2-12H,1H3;4-5H,1-3H3,(H,10,11,12)/q+1;/p-1. The lowest BCUT2D eigenvalue weighted by Crippen LogP contribution is -2.27. The summed E-state index contributed by atoms with van der Waals surface area (Å²) in [6, 6.07) is 22.0. The van der Waals surface area contributed by atoms with Gasteiger partial charge in [-0.05, 0) is 62.2 Å². The van der Waals surface area contributed by atoms with E-state index in [1.165, 1.54) is 0 Å². The average molecular weight is 536 g/mol. The van der Waals surface area contributed by atoms with Gasteiger partial charge < -0.3 is 4.55 Å². The predicted octanol–water partition coefficient (Wildman–Crippen LogP) is 5.08. The maximum atomic E-state index is 10.8. The molecule has 0 amide bonds.